The van der Waals surface area contributed by atoms with Crippen molar-refractivity contribution in [3.05, 3.63) is 12.7 Å². The first-order valence-electron chi connectivity index (χ1n) is 5.13. The van der Waals surface area contributed by atoms with Gasteiger partial charge in [0.05, 0.1) is 13.2 Å². The molecule has 0 aromatic carbocycles. The van der Waals surface area contributed by atoms with Crippen molar-refractivity contribution in [2.45, 2.75) is 32.3 Å². The van der Waals surface area contributed by atoms with E-state index in [2.05, 4.69) is 6.58 Å². The Balaban J connectivity index is 3.95. The van der Waals surface area contributed by atoms with Gasteiger partial charge in [0.25, 0.3) is 0 Å². The van der Waals surface area contributed by atoms with Gasteiger partial charge in [-0.1, -0.05) is 13.0 Å². The molecule has 0 aromatic heterocycles. The van der Waals surface area contributed by atoms with Crippen molar-refractivity contribution >= 4 is 5.91 Å². The van der Waals surface area contributed by atoms with Gasteiger partial charge in [-0.05, 0) is 19.3 Å². The van der Waals surface area contributed by atoms with E-state index < -0.39 is 6.10 Å². The van der Waals surface area contributed by atoms with Crippen LogP contribution in [-0.2, 0) is 9.63 Å². The summed E-state index contributed by atoms with van der Waals surface area (Å²) >= 11 is 0. The Labute approximate surface area is 91.5 Å². The standard InChI is InChI=1S/C11H21NO3/c1-5-6-7-10(13)8-9(2)11(14)12(3)15-4/h5,9-10,13H,1,6-8H2,2-4H3/t9?,10-/m1/s1. The molecule has 2 atom stereocenters. The van der Waals surface area contributed by atoms with Crippen LogP contribution in [0.15, 0.2) is 12.7 Å². The largest absolute Gasteiger partial charge is 0.393 e. The van der Waals surface area contributed by atoms with Crippen LogP contribution in [0.3, 0.4) is 0 Å². The van der Waals surface area contributed by atoms with Gasteiger partial charge in [-0.15, -0.1) is 6.58 Å². The Morgan fingerprint density at radius 2 is 2.27 bits per heavy atom. The highest BCUT2D eigenvalue weighted by molar-refractivity contribution is 5.77. The van der Waals surface area contributed by atoms with E-state index in [1.54, 1.807) is 20.0 Å². The highest BCUT2D eigenvalue weighted by Crippen LogP contribution is 2.13. The Morgan fingerprint density at radius 3 is 2.73 bits per heavy atom. The lowest BCUT2D eigenvalue weighted by Crippen LogP contribution is -2.32. The fraction of sp³-hybridized carbons (Fsp3) is 0.727. The number of nitrogens with zero attached hydrogens (tertiary/aromatic N) is 1. The molecule has 0 spiro atoms. The number of amides is 1. The number of hydrogen-bond acceptors (Lipinski definition) is 3. The molecule has 0 aliphatic heterocycles. The smallest absolute Gasteiger partial charge is 0.248 e. The zero-order chi connectivity index (χ0) is 11.8. The quantitative estimate of drug-likeness (QED) is 0.515. The van der Waals surface area contributed by atoms with Crippen molar-refractivity contribution in [2.75, 3.05) is 14.2 Å². The Hall–Kier alpha value is -0.870. The van der Waals surface area contributed by atoms with Gasteiger partial charge in [-0.3, -0.25) is 9.63 Å². The number of aliphatic hydroxyl groups excluding tert-OH is 1. The summed E-state index contributed by atoms with van der Waals surface area (Å²) in [5.41, 5.74) is 0. The van der Waals surface area contributed by atoms with Crippen molar-refractivity contribution < 1.29 is 14.7 Å². The fourth-order valence-electron chi connectivity index (χ4n) is 1.34. The summed E-state index contributed by atoms with van der Waals surface area (Å²) in [6, 6.07) is 0. The van der Waals surface area contributed by atoms with E-state index in [0.717, 1.165) is 6.42 Å². The van der Waals surface area contributed by atoms with Crippen LogP contribution in [-0.4, -0.2) is 36.3 Å². The molecule has 4 heteroatoms. The number of hydrogen-bond donors (Lipinski definition) is 1. The van der Waals surface area contributed by atoms with Crippen LogP contribution in [0.2, 0.25) is 0 Å². The molecule has 88 valence electrons. The molecule has 1 N–H and O–H groups in total. The van der Waals surface area contributed by atoms with Gasteiger partial charge in [0.15, 0.2) is 0 Å². The predicted molar refractivity (Wildman–Crippen MR) is 59.0 cm³/mol. The SMILES string of the molecule is C=CCC[C@@H](O)CC(C)C(=O)N(C)OC. The zero-order valence-electron chi connectivity index (χ0n) is 9.77. The predicted octanol–water partition coefficient (Wildman–Crippen LogP) is 1.36. The first-order chi connectivity index (χ1) is 7.02. The average Bonchev–Trinajstić information content (AvgIpc) is 2.23. The maximum absolute atomic E-state index is 11.6. The maximum atomic E-state index is 11.6. The summed E-state index contributed by atoms with van der Waals surface area (Å²) < 4.78 is 0. The molecule has 0 saturated carbocycles. The summed E-state index contributed by atoms with van der Waals surface area (Å²) in [6.45, 7) is 5.37. The second-order valence-electron chi connectivity index (χ2n) is 3.67. The fourth-order valence-corrected chi connectivity index (χ4v) is 1.34. The van der Waals surface area contributed by atoms with Gasteiger partial charge < -0.3 is 5.11 Å². The third-order valence-electron chi connectivity index (χ3n) is 2.34. The van der Waals surface area contributed by atoms with Gasteiger partial charge >= 0.3 is 0 Å². The highest BCUT2D eigenvalue weighted by atomic mass is 16.7. The van der Waals surface area contributed by atoms with Gasteiger partial charge in [0.1, 0.15) is 0 Å². The number of carbonyl (C=O) groups is 1. The number of carbonyl (C=O) groups excluding carboxylic acids is 1. The van der Waals surface area contributed by atoms with Crippen LogP contribution in [0.4, 0.5) is 0 Å². The van der Waals surface area contributed by atoms with Crippen LogP contribution in [0, 0.1) is 5.92 Å². The van der Waals surface area contributed by atoms with E-state index in [0.29, 0.717) is 12.8 Å². The molecule has 0 aliphatic rings. The topological polar surface area (TPSA) is 49.8 Å². The van der Waals surface area contributed by atoms with E-state index in [4.69, 9.17) is 4.84 Å². The average molecular weight is 215 g/mol. The van der Waals surface area contributed by atoms with E-state index in [9.17, 15) is 9.90 Å². The number of hydroxylamine groups is 2. The molecular formula is C11H21NO3. The molecule has 0 radical (unpaired) electrons. The first-order valence-corrected chi connectivity index (χ1v) is 5.13. The van der Waals surface area contributed by atoms with Crippen molar-refractivity contribution in [3.8, 4) is 0 Å². The summed E-state index contributed by atoms with van der Waals surface area (Å²) in [5.74, 6) is -0.343. The first kappa shape index (κ1) is 14.1. The third-order valence-corrected chi connectivity index (χ3v) is 2.34. The van der Waals surface area contributed by atoms with Crippen molar-refractivity contribution in [2.24, 2.45) is 5.92 Å². The van der Waals surface area contributed by atoms with Crippen molar-refractivity contribution in [3.63, 3.8) is 0 Å². The monoisotopic (exact) mass is 215 g/mol. The minimum atomic E-state index is -0.452. The number of aliphatic hydroxyl groups is 1. The molecule has 4 nitrogen and oxygen atoms in total. The summed E-state index contributed by atoms with van der Waals surface area (Å²) in [4.78, 5) is 16.3. The van der Waals surface area contributed by atoms with E-state index in [1.807, 2.05) is 0 Å². The molecule has 1 unspecified atom stereocenters. The number of allylic oxidation sites excluding steroid dienone is 1. The molecule has 0 heterocycles. The summed E-state index contributed by atoms with van der Waals surface area (Å²) in [6.07, 6.45) is 3.18. The Kier molecular flexibility index (Phi) is 6.99. The second-order valence-corrected chi connectivity index (χ2v) is 3.67. The van der Waals surface area contributed by atoms with Gasteiger partial charge in [0, 0.05) is 13.0 Å². The van der Waals surface area contributed by atoms with Crippen molar-refractivity contribution in [1.29, 1.82) is 0 Å². The van der Waals surface area contributed by atoms with E-state index in [-0.39, 0.29) is 11.8 Å². The zero-order valence-corrected chi connectivity index (χ0v) is 9.77. The van der Waals surface area contributed by atoms with Crippen LogP contribution in [0.1, 0.15) is 26.2 Å². The van der Waals surface area contributed by atoms with Gasteiger partial charge in [0.2, 0.25) is 5.91 Å². The summed E-state index contributed by atoms with van der Waals surface area (Å²) in [7, 11) is 3.01. The molecule has 15 heavy (non-hydrogen) atoms. The Bertz CT molecular complexity index is 206. The lowest BCUT2D eigenvalue weighted by molar-refractivity contribution is -0.173. The van der Waals surface area contributed by atoms with E-state index in [1.165, 1.54) is 12.2 Å². The summed E-state index contributed by atoms with van der Waals surface area (Å²) in [5, 5.41) is 10.8. The van der Waals surface area contributed by atoms with E-state index >= 15 is 0 Å². The minimum absolute atomic E-state index is 0.116. The maximum Gasteiger partial charge on any atom is 0.248 e. The Morgan fingerprint density at radius 1 is 1.67 bits per heavy atom. The molecule has 0 saturated heterocycles. The van der Waals surface area contributed by atoms with Crippen LogP contribution >= 0.6 is 0 Å². The molecule has 0 bridgehead atoms. The van der Waals surface area contributed by atoms with Crippen LogP contribution in [0.25, 0.3) is 0 Å². The highest BCUT2D eigenvalue weighted by Gasteiger charge is 2.20. The van der Waals surface area contributed by atoms with Crippen LogP contribution < -0.4 is 0 Å². The molecule has 0 fully saturated rings. The van der Waals surface area contributed by atoms with Gasteiger partial charge in [-0.2, -0.15) is 0 Å². The van der Waals surface area contributed by atoms with Gasteiger partial charge in [-0.25, -0.2) is 5.06 Å². The second kappa shape index (κ2) is 7.43. The lowest BCUT2D eigenvalue weighted by Gasteiger charge is -2.20. The van der Waals surface area contributed by atoms with Crippen molar-refractivity contribution in [1.82, 2.24) is 5.06 Å². The minimum Gasteiger partial charge on any atom is -0.393 e. The van der Waals surface area contributed by atoms with Crippen LogP contribution in [0.5, 0.6) is 0 Å². The number of rotatable bonds is 7. The molecule has 1 amide bonds. The lowest BCUT2D eigenvalue weighted by atomic mass is 10.00. The molecular weight excluding hydrogens is 194 g/mol. The molecule has 0 aromatic rings. The molecule has 0 aliphatic carbocycles. The normalized spacial score (nSPS) is 14.4. The third kappa shape index (κ3) is 5.54. The molecule has 0 rings (SSSR count).